The summed E-state index contributed by atoms with van der Waals surface area (Å²) in [5.74, 6) is -0.971. The van der Waals surface area contributed by atoms with Gasteiger partial charge in [-0.25, -0.2) is 9.79 Å². The average Bonchev–Trinajstić information content (AvgIpc) is 2.87. The van der Waals surface area contributed by atoms with E-state index in [0.717, 1.165) is 19.5 Å². The van der Waals surface area contributed by atoms with Gasteiger partial charge < -0.3 is 14.7 Å². The fourth-order valence-corrected chi connectivity index (χ4v) is 2.79. The minimum absolute atomic E-state index is 0.0512. The number of carboxylic acids is 1. The van der Waals surface area contributed by atoms with Crippen molar-refractivity contribution in [2.75, 3.05) is 26.7 Å². The molecular formula is C13H22N4O3. The Kier molecular flexibility index (Phi) is 4.61. The summed E-state index contributed by atoms with van der Waals surface area (Å²) >= 11 is 0. The van der Waals surface area contributed by atoms with Crippen molar-refractivity contribution in [3.63, 3.8) is 0 Å². The number of nitrogens with two attached hydrogens (primary N) is 1. The number of carboxylic acid groups (broad SMARTS) is 1. The second-order valence-corrected chi connectivity index (χ2v) is 5.02. The molecule has 2 rings (SSSR count). The SMILES string of the molecule is CCN1CCCC1CN1C=C(C(=O)O)C(OC)=N[C@H]1N. The topological polar surface area (TPSA) is 91.4 Å². The highest BCUT2D eigenvalue weighted by Crippen LogP contribution is 2.21. The fourth-order valence-electron chi connectivity index (χ4n) is 2.79. The lowest BCUT2D eigenvalue weighted by molar-refractivity contribution is -0.132. The quantitative estimate of drug-likeness (QED) is 0.756. The second kappa shape index (κ2) is 6.23. The summed E-state index contributed by atoms with van der Waals surface area (Å²) < 4.78 is 4.98. The van der Waals surface area contributed by atoms with E-state index in [2.05, 4.69) is 16.8 Å². The van der Waals surface area contributed by atoms with E-state index in [0.29, 0.717) is 12.6 Å². The Labute approximate surface area is 118 Å². The van der Waals surface area contributed by atoms with Gasteiger partial charge in [0, 0.05) is 18.8 Å². The Morgan fingerprint density at radius 3 is 3.00 bits per heavy atom. The van der Waals surface area contributed by atoms with Crippen LogP contribution in [0.4, 0.5) is 0 Å². The highest BCUT2D eigenvalue weighted by atomic mass is 16.5. The van der Waals surface area contributed by atoms with Crippen LogP contribution in [0.25, 0.3) is 0 Å². The molecule has 0 aromatic heterocycles. The average molecular weight is 282 g/mol. The van der Waals surface area contributed by atoms with Gasteiger partial charge in [-0.1, -0.05) is 6.92 Å². The van der Waals surface area contributed by atoms with Crippen molar-refractivity contribution in [1.29, 1.82) is 0 Å². The van der Waals surface area contributed by atoms with Gasteiger partial charge in [0.1, 0.15) is 5.57 Å². The minimum atomic E-state index is -1.05. The van der Waals surface area contributed by atoms with Crippen molar-refractivity contribution in [1.82, 2.24) is 9.80 Å². The van der Waals surface area contributed by atoms with Gasteiger partial charge in [0.05, 0.1) is 7.11 Å². The van der Waals surface area contributed by atoms with E-state index in [1.807, 2.05) is 0 Å². The summed E-state index contributed by atoms with van der Waals surface area (Å²) in [6, 6.07) is 0.400. The van der Waals surface area contributed by atoms with E-state index in [4.69, 9.17) is 10.5 Å². The number of methoxy groups -OCH3 is 1. The lowest BCUT2D eigenvalue weighted by atomic mass is 10.2. The van der Waals surface area contributed by atoms with E-state index in [9.17, 15) is 9.90 Å². The van der Waals surface area contributed by atoms with Gasteiger partial charge in [0.15, 0.2) is 6.29 Å². The van der Waals surface area contributed by atoms with Crippen LogP contribution in [0.15, 0.2) is 16.8 Å². The number of carbonyl (C=O) groups is 1. The molecule has 1 unspecified atom stereocenters. The Bertz CT molecular complexity index is 435. The van der Waals surface area contributed by atoms with Crippen LogP contribution < -0.4 is 5.73 Å². The summed E-state index contributed by atoms with van der Waals surface area (Å²) in [5.41, 5.74) is 6.03. The standard InChI is InChI=1S/C13H22N4O3/c1-3-16-6-4-5-9(16)7-17-8-10(12(18)19)11(20-2)15-13(17)14/h8-9,13H,3-7,14H2,1-2H3,(H,18,19)/t9?,13-/m1/s1. The molecule has 112 valence electrons. The summed E-state index contributed by atoms with van der Waals surface area (Å²) in [6.07, 6.45) is 3.23. The Hall–Kier alpha value is -1.60. The van der Waals surface area contributed by atoms with Crippen LogP contribution in [0.1, 0.15) is 19.8 Å². The predicted octanol–water partition coefficient (Wildman–Crippen LogP) is 0.0420. The fraction of sp³-hybridized carbons (Fsp3) is 0.692. The first kappa shape index (κ1) is 14.8. The molecule has 0 spiro atoms. The van der Waals surface area contributed by atoms with Crippen LogP contribution in [0.2, 0.25) is 0 Å². The first-order valence-corrected chi connectivity index (χ1v) is 6.89. The summed E-state index contributed by atoms with van der Waals surface area (Å²) in [5, 5.41) is 9.20. The van der Waals surface area contributed by atoms with Crippen LogP contribution in [-0.4, -0.2) is 65.8 Å². The zero-order valence-electron chi connectivity index (χ0n) is 12.0. The lowest BCUT2D eigenvalue weighted by Crippen LogP contribution is -2.48. The van der Waals surface area contributed by atoms with Crippen molar-refractivity contribution < 1.29 is 14.6 Å². The second-order valence-electron chi connectivity index (χ2n) is 5.02. The predicted molar refractivity (Wildman–Crippen MR) is 75.1 cm³/mol. The van der Waals surface area contributed by atoms with Crippen molar-refractivity contribution in [2.45, 2.75) is 32.1 Å². The molecule has 0 bridgehead atoms. The first-order valence-electron chi connectivity index (χ1n) is 6.89. The largest absolute Gasteiger partial charge is 0.480 e. The Morgan fingerprint density at radius 1 is 1.65 bits per heavy atom. The number of nitrogens with zero attached hydrogens (tertiary/aromatic N) is 3. The molecule has 1 saturated heterocycles. The molecule has 3 N–H and O–H groups in total. The number of ether oxygens (including phenoxy) is 1. The van der Waals surface area contributed by atoms with Gasteiger partial charge in [0.25, 0.3) is 0 Å². The first-order chi connectivity index (χ1) is 9.56. The van der Waals surface area contributed by atoms with Crippen molar-refractivity contribution in [2.24, 2.45) is 10.7 Å². The van der Waals surface area contributed by atoms with Crippen LogP contribution in [0.5, 0.6) is 0 Å². The maximum Gasteiger partial charge on any atom is 0.342 e. The van der Waals surface area contributed by atoms with Gasteiger partial charge in [-0.05, 0) is 25.9 Å². The number of rotatable bonds is 4. The maximum absolute atomic E-state index is 11.2. The number of aliphatic carboxylic acids is 1. The number of aliphatic imine (C=N–C) groups is 1. The summed E-state index contributed by atoms with van der Waals surface area (Å²) in [7, 11) is 1.40. The molecule has 0 saturated carbocycles. The Morgan fingerprint density at radius 2 is 2.40 bits per heavy atom. The molecule has 1 fully saturated rings. The number of likely N-dealkylation sites (N-methyl/N-ethyl adjacent to an activating group) is 1. The van der Waals surface area contributed by atoms with Crippen molar-refractivity contribution >= 4 is 11.9 Å². The number of hydrogen-bond donors (Lipinski definition) is 2. The highest BCUT2D eigenvalue weighted by Gasteiger charge is 2.30. The van der Waals surface area contributed by atoms with Gasteiger partial charge in [0.2, 0.25) is 5.90 Å². The van der Waals surface area contributed by atoms with Gasteiger partial charge in [-0.3, -0.25) is 10.6 Å². The van der Waals surface area contributed by atoms with E-state index in [1.54, 1.807) is 11.1 Å². The summed E-state index contributed by atoms with van der Waals surface area (Å²) in [6.45, 7) is 4.91. The van der Waals surface area contributed by atoms with Gasteiger partial charge in [-0.2, -0.15) is 0 Å². The molecule has 0 amide bonds. The van der Waals surface area contributed by atoms with E-state index in [1.165, 1.54) is 13.5 Å². The molecule has 0 radical (unpaired) electrons. The van der Waals surface area contributed by atoms with Crippen LogP contribution in [0.3, 0.4) is 0 Å². The molecule has 0 aromatic carbocycles. The zero-order valence-corrected chi connectivity index (χ0v) is 12.0. The normalized spacial score (nSPS) is 27.2. The number of likely N-dealkylation sites (tertiary alicyclic amines) is 1. The monoisotopic (exact) mass is 282 g/mol. The molecule has 2 atom stereocenters. The smallest absolute Gasteiger partial charge is 0.342 e. The highest BCUT2D eigenvalue weighted by molar-refractivity contribution is 6.15. The Balaban J connectivity index is 2.12. The van der Waals surface area contributed by atoms with Crippen LogP contribution >= 0.6 is 0 Å². The number of hydrogen-bond acceptors (Lipinski definition) is 6. The van der Waals surface area contributed by atoms with E-state index in [-0.39, 0.29) is 11.5 Å². The molecule has 7 nitrogen and oxygen atoms in total. The molecule has 0 aromatic rings. The third-order valence-corrected chi connectivity index (χ3v) is 3.87. The molecule has 2 aliphatic heterocycles. The van der Waals surface area contributed by atoms with Crippen molar-refractivity contribution in [3.8, 4) is 0 Å². The summed E-state index contributed by atoms with van der Waals surface area (Å²) in [4.78, 5) is 19.5. The lowest BCUT2D eigenvalue weighted by Gasteiger charge is -2.34. The molecule has 20 heavy (non-hydrogen) atoms. The molecule has 2 heterocycles. The molecular weight excluding hydrogens is 260 g/mol. The maximum atomic E-state index is 11.2. The van der Waals surface area contributed by atoms with Gasteiger partial charge in [-0.15, -0.1) is 0 Å². The van der Waals surface area contributed by atoms with Crippen LogP contribution in [-0.2, 0) is 9.53 Å². The van der Waals surface area contributed by atoms with Gasteiger partial charge >= 0.3 is 5.97 Å². The molecule has 7 heteroatoms. The van der Waals surface area contributed by atoms with E-state index >= 15 is 0 Å². The molecule has 2 aliphatic rings. The molecule has 0 aliphatic carbocycles. The van der Waals surface area contributed by atoms with E-state index < -0.39 is 12.3 Å². The third-order valence-electron chi connectivity index (χ3n) is 3.87. The third kappa shape index (κ3) is 2.94. The van der Waals surface area contributed by atoms with Crippen LogP contribution in [0, 0.1) is 0 Å². The zero-order chi connectivity index (χ0) is 14.7. The minimum Gasteiger partial charge on any atom is -0.480 e. The van der Waals surface area contributed by atoms with Crippen molar-refractivity contribution in [3.05, 3.63) is 11.8 Å².